The Morgan fingerprint density at radius 1 is 1.05 bits per heavy atom. The van der Waals surface area contributed by atoms with Crippen LogP contribution in [0.5, 0.6) is 0 Å². The predicted molar refractivity (Wildman–Crippen MR) is 82.2 cm³/mol. The van der Waals surface area contributed by atoms with E-state index in [4.69, 9.17) is 5.26 Å². The lowest BCUT2D eigenvalue weighted by molar-refractivity contribution is 0.456. The van der Waals surface area contributed by atoms with Crippen molar-refractivity contribution in [1.82, 2.24) is 5.32 Å². The van der Waals surface area contributed by atoms with Gasteiger partial charge in [-0.3, -0.25) is 0 Å². The van der Waals surface area contributed by atoms with E-state index in [1.807, 2.05) is 24.3 Å². The van der Waals surface area contributed by atoms with Crippen molar-refractivity contribution in [3.8, 4) is 6.07 Å². The molecule has 2 unspecified atom stereocenters. The third-order valence-electron chi connectivity index (χ3n) is 3.58. The van der Waals surface area contributed by atoms with Gasteiger partial charge in [0.15, 0.2) is 0 Å². The first-order valence-corrected chi connectivity index (χ1v) is 7.05. The molecular formula is C18H20N2. The molecule has 2 aromatic carbocycles. The Hall–Kier alpha value is -2.11. The summed E-state index contributed by atoms with van der Waals surface area (Å²) < 4.78 is 0. The highest BCUT2D eigenvalue weighted by Crippen LogP contribution is 2.22. The van der Waals surface area contributed by atoms with Crippen LogP contribution in [-0.2, 0) is 0 Å². The molecule has 0 bridgehead atoms. The molecule has 102 valence electrons. The monoisotopic (exact) mass is 264 g/mol. The van der Waals surface area contributed by atoms with Gasteiger partial charge in [0.2, 0.25) is 0 Å². The number of rotatable bonds is 5. The molecule has 2 aromatic rings. The summed E-state index contributed by atoms with van der Waals surface area (Å²) in [5, 5.41) is 12.6. The van der Waals surface area contributed by atoms with E-state index in [1.165, 1.54) is 5.56 Å². The number of nitriles is 1. The highest BCUT2D eigenvalue weighted by Gasteiger charge is 2.13. The maximum atomic E-state index is 8.98. The van der Waals surface area contributed by atoms with Crippen molar-refractivity contribution >= 4 is 0 Å². The van der Waals surface area contributed by atoms with Gasteiger partial charge in [-0.25, -0.2) is 0 Å². The van der Waals surface area contributed by atoms with E-state index >= 15 is 0 Å². The third kappa shape index (κ3) is 3.46. The molecule has 0 aliphatic heterocycles. The zero-order chi connectivity index (χ0) is 14.4. The molecule has 0 fully saturated rings. The molecule has 0 aliphatic rings. The summed E-state index contributed by atoms with van der Waals surface area (Å²) in [7, 11) is 0. The van der Waals surface area contributed by atoms with Crippen molar-refractivity contribution in [1.29, 1.82) is 5.26 Å². The Kier molecular flexibility index (Phi) is 4.92. The molecule has 0 aliphatic carbocycles. The molecule has 0 spiro atoms. The van der Waals surface area contributed by atoms with Crippen LogP contribution >= 0.6 is 0 Å². The van der Waals surface area contributed by atoms with Crippen LogP contribution in [-0.4, -0.2) is 0 Å². The molecular weight excluding hydrogens is 244 g/mol. The summed E-state index contributed by atoms with van der Waals surface area (Å²) >= 11 is 0. The molecule has 2 heteroatoms. The van der Waals surface area contributed by atoms with E-state index in [2.05, 4.69) is 55.6 Å². The largest absolute Gasteiger partial charge is 0.303 e. The van der Waals surface area contributed by atoms with Crippen LogP contribution < -0.4 is 5.32 Å². The van der Waals surface area contributed by atoms with Crippen molar-refractivity contribution in [3.63, 3.8) is 0 Å². The summed E-state index contributed by atoms with van der Waals surface area (Å²) in [5.74, 6) is 0. The normalized spacial score (nSPS) is 13.4. The van der Waals surface area contributed by atoms with Gasteiger partial charge in [0, 0.05) is 12.1 Å². The predicted octanol–water partition coefficient (Wildman–Crippen LogP) is 4.36. The number of nitrogens with zero attached hydrogens (tertiary/aromatic N) is 1. The number of benzene rings is 2. The molecule has 2 rings (SSSR count). The van der Waals surface area contributed by atoms with Crippen molar-refractivity contribution in [2.24, 2.45) is 0 Å². The summed E-state index contributed by atoms with van der Waals surface area (Å²) in [4.78, 5) is 0. The molecule has 2 nitrogen and oxygen atoms in total. The lowest BCUT2D eigenvalue weighted by atomic mass is 10.0. The molecule has 2 atom stereocenters. The minimum absolute atomic E-state index is 0.216. The van der Waals surface area contributed by atoms with E-state index in [0.717, 1.165) is 12.0 Å². The minimum Gasteiger partial charge on any atom is -0.303 e. The first-order chi connectivity index (χ1) is 9.74. The van der Waals surface area contributed by atoms with E-state index in [0.29, 0.717) is 11.6 Å². The summed E-state index contributed by atoms with van der Waals surface area (Å²) in [6, 6.07) is 21.0. The van der Waals surface area contributed by atoms with Crippen LogP contribution in [0.15, 0.2) is 54.6 Å². The SMILES string of the molecule is CCC(NC(C)c1cccc(C#N)c1)c1ccccc1. The van der Waals surface area contributed by atoms with E-state index in [9.17, 15) is 0 Å². The average molecular weight is 264 g/mol. The third-order valence-corrected chi connectivity index (χ3v) is 3.58. The number of hydrogen-bond acceptors (Lipinski definition) is 2. The van der Waals surface area contributed by atoms with Crippen LogP contribution in [0.25, 0.3) is 0 Å². The first kappa shape index (κ1) is 14.3. The fraction of sp³-hybridized carbons (Fsp3) is 0.278. The Bertz CT molecular complexity index is 584. The van der Waals surface area contributed by atoms with Gasteiger partial charge in [-0.05, 0) is 36.6 Å². The summed E-state index contributed by atoms with van der Waals surface area (Å²) in [6.45, 7) is 4.32. The van der Waals surface area contributed by atoms with Gasteiger partial charge in [0.1, 0.15) is 0 Å². The first-order valence-electron chi connectivity index (χ1n) is 7.05. The molecule has 0 saturated carbocycles. The zero-order valence-corrected chi connectivity index (χ0v) is 12.0. The van der Waals surface area contributed by atoms with Gasteiger partial charge in [-0.2, -0.15) is 5.26 Å². The molecule has 20 heavy (non-hydrogen) atoms. The molecule has 0 radical (unpaired) electrons. The second-order valence-corrected chi connectivity index (χ2v) is 5.00. The standard InChI is InChI=1S/C18H20N2/c1-3-18(16-9-5-4-6-10-16)20-14(2)17-11-7-8-15(12-17)13-19/h4-12,14,18,20H,3H2,1-2H3. The van der Waals surface area contributed by atoms with Gasteiger partial charge >= 0.3 is 0 Å². The van der Waals surface area contributed by atoms with Crippen molar-refractivity contribution in [2.75, 3.05) is 0 Å². The smallest absolute Gasteiger partial charge is 0.0991 e. The maximum absolute atomic E-state index is 8.98. The molecule has 0 saturated heterocycles. The Labute approximate surface area is 121 Å². The second-order valence-electron chi connectivity index (χ2n) is 5.00. The molecule has 0 heterocycles. The van der Waals surface area contributed by atoms with Gasteiger partial charge < -0.3 is 5.32 Å². The Morgan fingerprint density at radius 2 is 1.75 bits per heavy atom. The highest BCUT2D eigenvalue weighted by molar-refractivity contribution is 5.34. The topological polar surface area (TPSA) is 35.8 Å². The lowest BCUT2D eigenvalue weighted by Crippen LogP contribution is -2.24. The van der Waals surface area contributed by atoms with Gasteiger partial charge in [-0.15, -0.1) is 0 Å². The fourth-order valence-electron chi connectivity index (χ4n) is 2.41. The maximum Gasteiger partial charge on any atom is 0.0991 e. The Morgan fingerprint density at radius 3 is 2.40 bits per heavy atom. The summed E-state index contributed by atoms with van der Waals surface area (Å²) in [5.41, 5.74) is 3.17. The summed E-state index contributed by atoms with van der Waals surface area (Å²) in [6.07, 6.45) is 1.03. The van der Waals surface area contributed by atoms with E-state index < -0.39 is 0 Å². The van der Waals surface area contributed by atoms with Crippen LogP contribution in [0.2, 0.25) is 0 Å². The molecule has 0 amide bonds. The van der Waals surface area contributed by atoms with Crippen LogP contribution in [0.4, 0.5) is 0 Å². The quantitative estimate of drug-likeness (QED) is 0.871. The van der Waals surface area contributed by atoms with Crippen molar-refractivity contribution < 1.29 is 0 Å². The minimum atomic E-state index is 0.216. The number of nitrogens with one attached hydrogen (secondary N) is 1. The van der Waals surface area contributed by atoms with Crippen LogP contribution in [0, 0.1) is 11.3 Å². The van der Waals surface area contributed by atoms with Crippen molar-refractivity contribution in [2.45, 2.75) is 32.4 Å². The van der Waals surface area contributed by atoms with Crippen LogP contribution in [0.3, 0.4) is 0 Å². The molecule has 0 aromatic heterocycles. The van der Waals surface area contributed by atoms with Gasteiger partial charge in [-0.1, -0.05) is 49.4 Å². The zero-order valence-electron chi connectivity index (χ0n) is 12.0. The van der Waals surface area contributed by atoms with Crippen molar-refractivity contribution in [3.05, 3.63) is 71.3 Å². The van der Waals surface area contributed by atoms with Gasteiger partial charge in [0.05, 0.1) is 11.6 Å². The lowest BCUT2D eigenvalue weighted by Gasteiger charge is -2.23. The van der Waals surface area contributed by atoms with Gasteiger partial charge in [0.25, 0.3) is 0 Å². The average Bonchev–Trinajstić information content (AvgIpc) is 2.53. The number of hydrogen-bond donors (Lipinski definition) is 1. The highest BCUT2D eigenvalue weighted by atomic mass is 14.9. The van der Waals surface area contributed by atoms with E-state index in [-0.39, 0.29) is 6.04 Å². The second kappa shape index (κ2) is 6.88. The van der Waals surface area contributed by atoms with Crippen LogP contribution in [0.1, 0.15) is 49.0 Å². The van der Waals surface area contributed by atoms with E-state index in [1.54, 1.807) is 0 Å². The Balaban J connectivity index is 2.13. The molecule has 1 N–H and O–H groups in total. The fourth-order valence-corrected chi connectivity index (χ4v) is 2.41.